The Bertz CT molecular complexity index is 627. The van der Waals surface area contributed by atoms with Crippen molar-refractivity contribution in [2.24, 2.45) is 16.6 Å². The van der Waals surface area contributed by atoms with Crippen LogP contribution in [0.25, 0.3) is 0 Å². The zero-order valence-electron chi connectivity index (χ0n) is 15.7. The minimum atomic E-state index is -0.519. The maximum Gasteiger partial charge on any atom is 0.407 e. The first-order valence-electron chi connectivity index (χ1n) is 8.47. The molecule has 26 heavy (non-hydrogen) atoms. The van der Waals surface area contributed by atoms with E-state index >= 15 is 0 Å². The van der Waals surface area contributed by atoms with Crippen molar-refractivity contribution in [3.63, 3.8) is 0 Å². The van der Waals surface area contributed by atoms with Gasteiger partial charge in [0.05, 0.1) is 19.7 Å². The lowest BCUT2D eigenvalue weighted by atomic mass is 10.2. The predicted octanol–water partition coefficient (Wildman–Crippen LogP) is 3.34. The minimum absolute atomic E-state index is 0. The molecule has 1 aromatic carbocycles. The van der Waals surface area contributed by atoms with Crippen molar-refractivity contribution in [1.29, 1.82) is 0 Å². The molecule has 8 heteroatoms. The van der Waals surface area contributed by atoms with Crippen molar-refractivity contribution < 1.29 is 14.3 Å². The van der Waals surface area contributed by atoms with Gasteiger partial charge in [0.1, 0.15) is 11.4 Å². The molecule has 1 atom stereocenters. The van der Waals surface area contributed by atoms with Gasteiger partial charge in [-0.05, 0) is 51.7 Å². The molecule has 1 aliphatic rings. The van der Waals surface area contributed by atoms with Crippen molar-refractivity contribution >= 4 is 41.7 Å². The van der Waals surface area contributed by atoms with Crippen LogP contribution in [0.2, 0.25) is 0 Å². The van der Waals surface area contributed by atoms with E-state index in [0.29, 0.717) is 18.4 Å². The molecule has 4 N–H and O–H groups in total. The fourth-order valence-electron chi connectivity index (χ4n) is 2.36. The summed E-state index contributed by atoms with van der Waals surface area (Å²) in [5.41, 5.74) is 6.23. The second-order valence-corrected chi connectivity index (χ2v) is 7.17. The van der Waals surface area contributed by atoms with Crippen molar-refractivity contribution in [3.8, 4) is 5.75 Å². The van der Waals surface area contributed by atoms with Crippen LogP contribution in [0.5, 0.6) is 5.75 Å². The lowest BCUT2D eigenvalue weighted by Gasteiger charge is -2.23. The summed E-state index contributed by atoms with van der Waals surface area (Å²) in [7, 11) is 1.61. The van der Waals surface area contributed by atoms with Gasteiger partial charge in [-0.1, -0.05) is 6.07 Å². The van der Waals surface area contributed by atoms with Gasteiger partial charge in [-0.2, -0.15) is 0 Å². The van der Waals surface area contributed by atoms with Gasteiger partial charge in [-0.15, -0.1) is 24.0 Å². The number of amides is 1. The van der Waals surface area contributed by atoms with Crippen LogP contribution >= 0.6 is 24.0 Å². The fraction of sp³-hybridized carbons (Fsp3) is 0.556. The summed E-state index contributed by atoms with van der Waals surface area (Å²) in [5.74, 6) is 1.46. The Labute approximate surface area is 172 Å². The number of rotatable bonds is 6. The van der Waals surface area contributed by atoms with Crippen molar-refractivity contribution in [3.05, 3.63) is 24.3 Å². The van der Waals surface area contributed by atoms with Crippen LogP contribution in [0.3, 0.4) is 0 Å². The molecule has 1 aromatic rings. The Morgan fingerprint density at radius 3 is 2.65 bits per heavy atom. The number of ether oxygens (including phenoxy) is 2. The summed E-state index contributed by atoms with van der Waals surface area (Å²) in [6, 6.07) is 7.36. The molecule has 7 nitrogen and oxygen atoms in total. The molecule has 1 aliphatic carbocycles. The molecule has 0 spiro atoms. The Kier molecular flexibility index (Phi) is 8.45. The van der Waals surface area contributed by atoms with E-state index < -0.39 is 11.7 Å². The quantitative estimate of drug-likeness (QED) is 0.333. The number of anilines is 1. The first-order valence-corrected chi connectivity index (χ1v) is 8.47. The van der Waals surface area contributed by atoms with Gasteiger partial charge in [-0.3, -0.25) is 4.99 Å². The van der Waals surface area contributed by atoms with E-state index in [1.165, 1.54) is 0 Å². The number of nitrogens with zero attached hydrogens (tertiary/aromatic N) is 1. The van der Waals surface area contributed by atoms with E-state index in [2.05, 4.69) is 15.6 Å². The molecule has 2 rings (SSSR count). The zero-order chi connectivity index (χ0) is 18.4. The number of nitrogens with two attached hydrogens (primary N) is 1. The van der Waals surface area contributed by atoms with E-state index in [0.717, 1.165) is 24.3 Å². The number of hydrogen-bond acceptors (Lipinski definition) is 4. The van der Waals surface area contributed by atoms with Gasteiger partial charge in [-0.25, -0.2) is 4.79 Å². The van der Waals surface area contributed by atoms with E-state index in [1.807, 2.05) is 45.0 Å². The summed E-state index contributed by atoms with van der Waals surface area (Å²) >= 11 is 0. The van der Waals surface area contributed by atoms with Crippen LogP contribution in [0.4, 0.5) is 10.5 Å². The normalized spacial score (nSPS) is 15.5. The summed E-state index contributed by atoms with van der Waals surface area (Å²) in [6.07, 6.45) is 1.75. The highest BCUT2D eigenvalue weighted by molar-refractivity contribution is 14.0. The predicted molar refractivity (Wildman–Crippen MR) is 114 cm³/mol. The number of hydrogen-bond donors (Lipinski definition) is 3. The van der Waals surface area contributed by atoms with Crippen LogP contribution in [0, 0.1) is 5.92 Å². The highest BCUT2D eigenvalue weighted by atomic mass is 127. The zero-order valence-corrected chi connectivity index (χ0v) is 18.1. The van der Waals surface area contributed by atoms with Crippen LogP contribution in [0.1, 0.15) is 33.6 Å². The number of carbonyl (C=O) groups excluding carboxylic acids is 1. The monoisotopic (exact) mass is 476 g/mol. The van der Waals surface area contributed by atoms with Gasteiger partial charge < -0.3 is 25.8 Å². The summed E-state index contributed by atoms with van der Waals surface area (Å²) in [4.78, 5) is 16.3. The lowest BCUT2D eigenvalue weighted by Crippen LogP contribution is -2.42. The molecule has 1 fully saturated rings. The SMILES string of the molecule is COc1cccc(NC(N)=NCC(NC(=O)OC(C)(C)C)C2CC2)c1.I. The smallest absolute Gasteiger partial charge is 0.407 e. The largest absolute Gasteiger partial charge is 0.497 e. The highest BCUT2D eigenvalue weighted by Gasteiger charge is 2.33. The molecule has 0 radical (unpaired) electrons. The molecule has 0 heterocycles. The number of methoxy groups -OCH3 is 1. The average Bonchev–Trinajstić information content (AvgIpc) is 3.34. The standard InChI is InChI=1S/C18H28N4O3.HI/c1-18(2,3)25-17(23)22-15(12-8-9-12)11-20-16(19)21-13-6-5-7-14(10-13)24-4;/h5-7,10,12,15H,8-9,11H2,1-4H3,(H,22,23)(H3,19,20,21);1H. The Hall–Kier alpha value is -1.71. The molecular weight excluding hydrogens is 447 g/mol. The molecule has 1 amide bonds. The van der Waals surface area contributed by atoms with Crippen molar-refractivity contribution in [2.45, 2.75) is 45.3 Å². The van der Waals surface area contributed by atoms with Crippen LogP contribution < -0.4 is 21.1 Å². The van der Waals surface area contributed by atoms with E-state index in [1.54, 1.807) is 7.11 Å². The number of guanidine groups is 1. The molecule has 0 saturated heterocycles. The van der Waals surface area contributed by atoms with Gasteiger partial charge in [0.15, 0.2) is 5.96 Å². The second-order valence-electron chi connectivity index (χ2n) is 7.17. The third-order valence-corrected chi connectivity index (χ3v) is 3.69. The third kappa shape index (κ3) is 8.11. The number of alkyl carbamates (subject to hydrolysis) is 1. The Morgan fingerprint density at radius 1 is 1.38 bits per heavy atom. The van der Waals surface area contributed by atoms with E-state index in [-0.39, 0.29) is 30.0 Å². The number of nitrogens with one attached hydrogen (secondary N) is 2. The molecule has 146 valence electrons. The first-order chi connectivity index (χ1) is 11.8. The van der Waals surface area contributed by atoms with Crippen LogP contribution in [0.15, 0.2) is 29.3 Å². The van der Waals surface area contributed by atoms with E-state index in [9.17, 15) is 4.79 Å². The maximum atomic E-state index is 12.0. The van der Waals surface area contributed by atoms with Crippen LogP contribution in [-0.4, -0.2) is 37.4 Å². The number of carbonyl (C=O) groups is 1. The van der Waals surface area contributed by atoms with Gasteiger partial charge in [0.2, 0.25) is 0 Å². The van der Waals surface area contributed by atoms with Crippen LogP contribution in [-0.2, 0) is 4.74 Å². The Balaban J connectivity index is 0.00000338. The number of halogens is 1. The fourth-order valence-corrected chi connectivity index (χ4v) is 2.36. The minimum Gasteiger partial charge on any atom is -0.497 e. The number of aliphatic imine (C=N–C) groups is 1. The summed E-state index contributed by atoms with van der Waals surface area (Å²) in [5, 5.41) is 5.93. The molecule has 1 unspecified atom stereocenters. The summed E-state index contributed by atoms with van der Waals surface area (Å²) in [6.45, 7) is 5.93. The van der Waals surface area contributed by atoms with Crippen molar-refractivity contribution in [1.82, 2.24) is 5.32 Å². The summed E-state index contributed by atoms with van der Waals surface area (Å²) < 4.78 is 10.5. The maximum absolute atomic E-state index is 12.0. The molecule has 1 saturated carbocycles. The topological polar surface area (TPSA) is 98.0 Å². The van der Waals surface area contributed by atoms with E-state index in [4.69, 9.17) is 15.2 Å². The number of benzene rings is 1. The highest BCUT2D eigenvalue weighted by Crippen LogP contribution is 2.33. The average molecular weight is 476 g/mol. The van der Waals surface area contributed by atoms with Crippen molar-refractivity contribution in [2.75, 3.05) is 19.0 Å². The third-order valence-electron chi connectivity index (χ3n) is 3.69. The lowest BCUT2D eigenvalue weighted by molar-refractivity contribution is 0.0500. The van der Waals surface area contributed by atoms with Gasteiger partial charge >= 0.3 is 6.09 Å². The molecular formula is C18H29IN4O3. The van der Waals surface area contributed by atoms with Gasteiger partial charge in [0.25, 0.3) is 0 Å². The Morgan fingerprint density at radius 2 is 2.08 bits per heavy atom. The molecule has 0 bridgehead atoms. The molecule has 0 aromatic heterocycles. The molecule has 0 aliphatic heterocycles. The second kappa shape index (κ2) is 9.84. The van der Waals surface area contributed by atoms with Gasteiger partial charge in [0, 0.05) is 11.8 Å². The first kappa shape index (κ1) is 22.3.